The quantitative estimate of drug-likeness (QED) is 0.246. The van der Waals surface area contributed by atoms with E-state index in [-0.39, 0.29) is 11.9 Å². The number of carbonyl (C=O) groups is 1. The molecule has 0 N–H and O–H groups in total. The van der Waals surface area contributed by atoms with E-state index in [1.165, 1.54) is 32.7 Å². The first kappa shape index (κ1) is 21.1. The summed E-state index contributed by atoms with van der Waals surface area (Å²) in [5.74, 6) is -0.0455. The molecule has 0 bridgehead atoms. The van der Waals surface area contributed by atoms with Gasteiger partial charge in [-0.1, -0.05) is 0 Å². The molecular formula is C21H29NO2SSe. The molecule has 0 saturated carbocycles. The monoisotopic (exact) mass is 439 g/mol. The van der Waals surface area contributed by atoms with Crippen molar-refractivity contribution in [2.24, 2.45) is 13.0 Å². The van der Waals surface area contributed by atoms with Crippen LogP contribution >= 0.6 is 12.2 Å². The van der Waals surface area contributed by atoms with Crippen LogP contribution in [-0.2, 0) is 16.6 Å². The van der Waals surface area contributed by atoms with Gasteiger partial charge >= 0.3 is 168 Å². The molecular weight excluding hydrogens is 409 g/mol. The molecule has 0 aliphatic carbocycles. The summed E-state index contributed by atoms with van der Waals surface area (Å²) in [6.07, 6.45) is 4.07. The molecule has 26 heavy (non-hydrogen) atoms. The number of pyridine rings is 1. The summed E-state index contributed by atoms with van der Waals surface area (Å²) in [4.78, 5) is 11.6. The Labute approximate surface area is 168 Å². The molecule has 142 valence electrons. The van der Waals surface area contributed by atoms with E-state index in [9.17, 15) is 4.79 Å². The zero-order valence-electron chi connectivity index (χ0n) is 16.2. The summed E-state index contributed by atoms with van der Waals surface area (Å²) in [7, 11) is 2.04. The standard InChI is InChI=1S/C21H29NO2SSe/c1-5-16(3)21(23)24-11-7-6-8-12-26-19-14-20(25)22(4)18-13-15(2)9-10-17(18)19/h9-10,13-14,16H,5-8,11-12H2,1-4H3. The fourth-order valence-electron chi connectivity index (χ4n) is 2.70. The second kappa shape index (κ2) is 10.2. The molecule has 0 radical (unpaired) electrons. The number of fused-ring (bicyclic) bond motifs is 1. The summed E-state index contributed by atoms with van der Waals surface area (Å²) < 4.78 is 9.71. The molecule has 0 fully saturated rings. The van der Waals surface area contributed by atoms with Crippen molar-refractivity contribution >= 4 is 48.5 Å². The fraction of sp³-hybridized carbons (Fsp3) is 0.524. The molecule has 0 spiro atoms. The summed E-state index contributed by atoms with van der Waals surface area (Å²) in [6.45, 7) is 6.60. The normalized spacial score (nSPS) is 12.3. The zero-order valence-corrected chi connectivity index (χ0v) is 18.7. The van der Waals surface area contributed by atoms with E-state index >= 15 is 0 Å². The van der Waals surface area contributed by atoms with Gasteiger partial charge in [0.2, 0.25) is 0 Å². The van der Waals surface area contributed by atoms with Crippen molar-refractivity contribution in [3.8, 4) is 0 Å². The van der Waals surface area contributed by atoms with E-state index < -0.39 is 0 Å². The maximum atomic E-state index is 11.6. The molecule has 2 rings (SSSR count). The SMILES string of the molecule is CCC(C)C(=O)OCCCCC[Se]c1cc(=S)n(C)c2cc(C)ccc12. The predicted molar refractivity (Wildman–Crippen MR) is 113 cm³/mol. The van der Waals surface area contributed by atoms with Gasteiger partial charge in [-0.05, 0) is 0 Å². The number of esters is 1. The van der Waals surface area contributed by atoms with Crippen molar-refractivity contribution < 1.29 is 9.53 Å². The van der Waals surface area contributed by atoms with Crippen molar-refractivity contribution in [1.29, 1.82) is 0 Å². The van der Waals surface area contributed by atoms with Crippen molar-refractivity contribution in [1.82, 2.24) is 4.57 Å². The van der Waals surface area contributed by atoms with E-state index in [2.05, 4.69) is 35.8 Å². The Bertz CT molecular complexity index is 815. The Kier molecular flexibility index (Phi) is 8.33. The summed E-state index contributed by atoms with van der Waals surface area (Å²) in [5, 5.41) is 2.52. The van der Waals surface area contributed by atoms with Gasteiger partial charge in [-0.25, -0.2) is 0 Å². The topological polar surface area (TPSA) is 31.2 Å². The number of unbranched alkanes of at least 4 members (excludes halogenated alkanes) is 2. The van der Waals surface area contributed by atoms with Crippen LogP contribution in [0, 0.1) is 17.5 Å². The van der Waals surface area contributed by atoms with Gasteiger partial charge in [0.25, 0.3) is 0 Å². The van der Waals surface area contributed by atoms with Crippen LogP contribution < -0.4 is 4.46 Å². The molecule has 1 heterocycles. The number of rotatable bonds is 9. The van der Waals surface area contributed by atoms with Crippen LogP contribution in [0.25, 0.3) is 10.9 Å². The first-order valence-electron chi connectivity index (χ1n) is 9.34. The second-order valence-electron chi connectivity index (χ2n) is 6.81. The van der Waals surface area contributed by atoms with Gasteiger partial charge < -0.3 is 0 Å². The van der Waals surface area contributed by atoms with E-state index in [0.29, 0.717) is 21.6 Å². The third-order valence-electron chi connectivity index (χ3n) is 4.67. The Hall–Kier alpha value is -1.16. The number of aryl methyl sites for hydroxylation is 2. The number of ether oxygens (including phenoxy) is 1. The van der Waals surface area contributed by atoms with Crippen LogP contribution in [0.15, 0.2) is 24.3 Å². The van der Waals surface area contributed by atoms with Gasteiger partial charge in [0, 0.05) is 0 Å². The van der Waals surface area contributed by atoms with Crippen LogP contribution in [0.1, 0.15) is 45.1 Å². The molecule has 0 aliphatic rings. The molecule has 0 saturated heterocycles. The Balaban J connectivity index is 1.83. The molecule has 1 atom stereocenters. The third kappa shape index (κ3) is 5.67. The Morgan fingerprint density at radius 2 is 2.04 bits per heavy atom. The van der Waals surface area contributed by atoms with Crippen molar-refractivity contribution in [3.05, 3.63) is 34.5 Å². The average molecular weight is 438 g/mol. The van der Waals surface area contributed by atoms with Gasteiger partial charge in [0.15, 0.2) is 0 Å². The van der Waals surface area contributed by atoms with E-state index in [0.717, 1.165) is 23.9 Å². The minimum absolute atomic E-state index is 0.0160. The number of hydrogen-bond donors (Lipinski definition) is 0. The van der Waals surface area contributed by atoms with Gasteiger partial charge in [-0.15, -0.1) is 0 Å². The minimum atomic E-state index is -0.0615. The molecule has 3 nitrogen and oxygen atoms in total. The van der Waals surface area contributed by atoms with Crippen molar-refractivity contribution in [3.63, 3.8) is 0 Å². The third-order valence-corrected chi connectivity index (χ3v) is 7.46. The summed E-state index contributed by atoms with van der Waals surface area (Å²) in [6, 6.07) is 8.79. The van der Waals surface area contributed by atoms with Gasteiger partial charge in [0.05, 0.1) is 0 Å². The Morgan fingerprint density at radius 1 is 1.27 bits per heavy atom. The number of aromatic nitrogens is 1. The van der Waals surface area contributed by atoms with E-state index in [1.54, 1.807) is 0 Å². The molecule has 1 aromatic carbocycles. The van der Waals surface area contributed by atoms with Gasteiger partial charge in [-0.3, -0.25) is 0 Å². The fourth-order valence-corrected chi connectivity index (χ4v) is 5.37. The van der Waals surface area contributed by atoms with Crippen LogP contribution in [0.3, 0.4) is 0 Å². The number of benzene rings is 1. The predicted octanol–water partition coefficient (Wildman–Crippen LogP) is 4.72. The second-order valence-corrected chi connectivity index (χ2v) is 9.62. The average Bonchev–Trinajstić information content (AvgIpc) is 2.63. The van der Waals surface area contributed by atoms with E-state index in [4.69, 9.17) is 17.0 Å². The number of hydrogen-bond acceptors (Lipinski definition) is 3. The van der Waals surface area contributed by atoms with Crippen LogP contribution in [0.2, 0.25) is 5.32 Å². The maximum absolute atomic E-state index is 11.6. The summed E-state index contributed by atoms with van der Waals surface area (Å²) in [5.41, 5.74) is 2.49. The zero-order chi connectivity index (χ0) is 19.1. The first-order valence-corrected chi connectivity index (χ1v) is 11.8. The van der Waals surface area contributed by atoms with Gasteiger partial charge in [-0.2, -0.15) is 0 Å². The van der Waals surface area contributed by atoms with Crippen LogP contribution in [-0.4, -0.2) is 32.1 Å². The molecule has 2 aromatic rings. The Morgan fingerprint density at radius 3 is 2.77 bits per heavy atom. The van der Waals surface area contributed by atoms with E-state index in [1.807, 2.05) is 20.9 Å². The summed E-state index contributed by atoms with van der Waals surface area (Å²) >= 11 is 5.95. The van der Waals surface area contributed by atoms with Crippen molar-refractivity contribution in [2.45, 2.75) is 51.8 Å². The number of nitrogens with zero attached hydrogens (tertiary/aromatic N) is 1. The van der Waals surface area contributed by atoms with Crippen LogP contribution in [0.5, 0.6) is 0 Å². The van der Waals surface area contributed by atoms with Crippen LogP contribution in [0.4, 0.5) is 0 Å². The molecule has 0 amide bonds. The molecule has 1 unspecified atom stereocenters. The molecule has 0 aliphatic heterocycles. The molecule has 5 heteroatoms. The number of carbonyl (C=O) groups excluding carboxylic acids is 1. The first-order chi connectivity index (χ1) is 12.4. The van der Waals surface area contributed by atoms with Gasteiger partial charge in [0.1, 0.15) is 0 Å². The molecule has 1 aromatic heterocycles. The van der Waals surface area contributed by atoms with Crippen molar-refractivity contribution in [2.75, 3.05) is 6.61 Å².